The van der Waals surface area contributed by atoms with Crippen LogP contribution in [0.25, 0.3) is 0 Å². The highest BCUT2D eigenvalue weighted by atomic mass is 32.2. The fourth-order valence-electron chi connectivity index (χ4n) is 3.05. The van der Waals surface area contributed by atoms with E-state index in [1.54, 1.807) is 16.8 Å². The van der Waals surface area contributed by atoms with Crippen molar-refractivity contribution >= 4 is 15.9 Å². The van der Waals surface area contributed by atoms with Crippen molar-refractivity contribution < 1.29 is 17.6 Å². The summed E-state index contributed by atoms with van der Waals surface area (Å²) < 4.78 is 38.4. The highest BCUT2D eigenvalue weighted by Gasteiger charge is 2.26. The van der Waals surface area contributed by atoms with Gasteiger partial charge in [0.2, 0.25) is 0 Å². The molecule has 0 saturated carbocycles. The van der Waals surface area contributed by atoms with Crippen molar-refractivity contribution in [3.63, 3.8) is 0 Å². The SMILES string of the molecule is CC1CN(C(=O)NCc2ncn(Cc3cccc(F)c3)n2)CCS(=O)(=O)C1. The number of halogens is 1. The number of rotatable bonds is 4. The van der Waals surface area contributed by atoms with Gasteiger partial charge in [-0.3, -0.25) is 0 Å². The molecule has 146 valence electrons. The van der Waals surface area contributed by atoms with E-state index in [0.29, 0.717) is 18.9 Å². The lowest BCUT2D eigenvalue weighted by Crippen LogP contribution is -2.42. The number of carbonyl (C=O) groups is 1. The summed E-state index contributed by atoms with van der Waals surface area (Å²) in [5.41, 5.74) is 0.759. The smallest absolute Gasteiger partial charge is 0.317 e. The average Bonchev–Trinajstić information content (AvgIpc) is 2.97. The predicted octanol–water partition coefficient (Wildman–Crippen LogP) is 1.04. The van der Waals surface area contributed by atoms with Crippen LogP contribution in [0.3, 0.4) is 0 Å². The second kappa shape index (κ2) is 8.03. The van der Waals surface area contributed by atoms with E-state index in [1.807, 2.05) is 6.92 Å². The number of nitrogens with zero attached hydrogens (tertiary/aromatic N) is 4. The van der Waals surface area contributed by atoms with Crippen LogP contribution in [0.5, 0.6) is 0 Å². The van der Waals surface area contributed by atoms with E-state index in [9.17, 15) is 17.6 Å². The van der Waals surface area contributed by atoms with Gasteiger partial charge in [0.05, 0.1) is 24.6 Å². The van der Waals surface area contributed by atoms with Crippen LogP contribution in [-0.4, -0.2) is 58.7 Å². The molecule has 1 aliphatic rings. The Balaban J connectivity index is 1.54. The second-order valence-corrected chi connectivity index (χ2v) is 9.04. The molecule has 3 rings (SSSR count). The van der Waals surface area contributed by atoms with E-state index in [4.69, 9.17) is 0 Å². The number of benzene rings is 1. The Morgan fingerprint density at radius 3 is 3.00 bits per heavy atom. The summed E-state index contributed by atoms with van der Waals surface area (Å²) in [7, 11) is -3.11. The first kappa shape index (κ1) is 19.3. The van der Waals surface area contributed by atoms with Gasteiger partial charge in [-0.15, -0.1) is 0 Å². The topological polar surface area (TPSA) is 97.2 Å². The molecule has 8 nitrogen and oxygen atoms in total. The van der Waals surface area contributed by atoms with Gasteiger partial charge in [0.25, 0.3) is 0 Å². The Labute approximate surface area is 157 Å². The van der Waals surface area contributed by atoms with Crippen LogP contribution in [0.4, 0.5) is 9.18 Å². The number of carbonyl (C=O) groups excluding carboxylic acids is 1. The lowest BCUT2D eigenvalue weighted by Gasteiger charge is -2.22. The molecule has 1 fully saturated rings. The molecule has 0 radical (unpaired) electrons. The number of hydrogen-bond donors (Lipinski definition) is 1. The largest absolute Gasteiger partial charge is 0.331 e. The Morgan fingerprint density at radius 2 is 2.22 bits per heavy atom. The molecule has 1 saturated heterocycles. The number of sulfone groups is 1. The summed E-state index contributed by atoms with van der Waals surface area (Å²) in [6.07, 6.45) is 1.52. The normalized spacial score (nSPS) is 19.5. The summed E-state index contributed by atoms with van der Waals surface area (Å²) in [4.78, 5) is 18.0. The molecule has 1 atom stereocenters. The van der Waals surface area contributed by atoms with E-state index in [1.165, 1.54) is 23.4 Å². The highest BCUT2D eigenvalue weighted by molar-refractivity contribution is 7.91. The van der Waals surface area contributed by atoms with E-state index in [-0.39, 0.29) is 42.4 Å². The molecule has 1 unspecified atom stereocenters. The lowest BCUT2D eigenvalue weighted by molar-refractivity contribution is 0.195. The maximum Gasteiger partial charge on any atom is 0.317 e. The van der Waals surface area contributed by atoms with Gasteiger partial charge in [0.1, 0.15) is 12.1 Å². The first-order chi connectivity index (χ1) is 12.8. The zero-order valence-corrected chi connectivity index (χ0v) is 15.8. The molecule has 10 heteroatoms. The molecular formula is C17H22FN5O3S. The molecule has 0 spiro atoms. The fourth-order valence-corrected chi connectivity index (χ4v) is 4.69. The van der Waals surface area contributed by atoms with Crippen LogP contribution >= 0.6 is 0 Å². The van der Waals surface area contributed by atoms with E-state index >= 15 is 0 Å². The molecule has 27 heavy (non-hydrogen) atoms. The van der Waals surface area contributed by atoms with Crippen molar-refractivity contribution in [3.8, 4) is 0 Å². The van der Waals surface area contributed by atoms with E-state index in [2.05, 4.69) is 15.4 Å². The van der Waals surface area contributed by atoms with Gasteiger partial charge in [-0.25, -0.2) is 27.3 Å². The van der Waals surface area contributed by atoms with Gasteiger partial charge in [-0.2, -0.15) is 5.10 Å². The quantitative estimate of drug-likeness (QED) is 0.834. The molecule has 0 aliphatic carbocycles. The maximum atomic E-state index is 13.2. The van der Waals surface area contributed by atoms with E-state index < -0.39 is 9.84 Å². The van der Waals surface area contributed by atoms with Crippen LogP contribution in [0, 0.1) is 11.7 Å². The lowest BCUT2D eigenvalue weighted by atomic mass is 10.2. The van der Waals surface area contributed by atoms with Gasteiger partial charge in [0, 0.05) is 13.1 Å². The summed E-state index contributed by atoms with van der Waals surface area (Å²) in [5, 5.41) is 6.99. The van der Waals surface area contributed by atoms with Crippen LogP contribution in [0.1, 0.15) is 18.3 Å². The van der Waals surface area contributed by atoms with Crippen molar-refractivity contribution in [1.29, 1.82) is 0 Å². The summed E-state index contributed by atoms with van der Waals surface area (Å²) in [6.45, 7) is 2.90. The third-order valence-electron chi connectivity index (χ3n) is 4.25. The van der Waals surface area contributed by atoms with Gasteiger partial charge >= 0.3 is 6.03 Å². The molecule has 2 aromatic rings. The zero-order valence-electron chi connectivity index (χ0n) is 15.0. The van der Waals surface area contributed by atoms with Gasteiger partial charge in [-0.05, 0) is 23.6 Å². The molecule has 1 aromatic carbocycles. The van der Waals surface area contributed by atoms with Crippen LogP contribution in [0.15, 0.2) is 30.6 Å². The molecule has 1 aliphatic heterocycles. The van der Waals surface area contributed by atoms with Crippen molar-refractivity contribution in [2.75, 3.05) is 24.6 Å². The van der Waals surface area contributed by atoms with Crippen molar-refractivity contribution in [1.82, 2.24) is 25.0 Å². The molecule has 0 bridgehead atoms. The van der Waals surface area contributed by atoms with Gasteiger partial charge in [0.15, 0.2) is 15.7 Å². The van der Waals surface area contributed by atoms with Crippen molar-refractivity contribution in [2.45, 2.75) is 20.0 Å². The summed E-state index contributed by atoms with van der Waals surface area (Å²) in [5.74, 6) is 0.0876. The minimum atomic E-state index is -3.11. The Kier molecular flexibility index (Phi) is 5.73. The predicted molar refractivity (Wildman–Crippen MR) is 97.2 cm³/mol. The Bertz CT molecular complexity index is 915. The third kappa shape index (κ3) is 5.49. The molecule has 2 heterocycles. The third-order valence-corrected chi connectivity index (χ3v) is 6.13. The minimum Gasteiger partial charge on any atom is -0.331 e. The first-order valence-corrected chi connectivity index (χ1v) is 10.5. The molecule has 1 N–H and O–H groups in total. The number of amides is 2. The van der Waals surface area contributed by atoms with Crippen molar-refractivity contribution in [2.24, 2.45) is 5.92 Å². The van der Waals surface area contributed by atoms with Gasteiger partial charge in [-0.1, -0.05) is 19.1 Å². The Hall–Kier alpha value is -2.49. The molecular weight excluding hydrogens is 373 g/mol. The maximum absolute atomic E-state index is 13.2. The van der Waals surface area contributed by atoms with Crippen LogP contribution in [-0.2, 0) is 22.9 Å². The summed E-state index contributed by atoms with van der Waals surface area (Å²) >= 11 is 0. The first-order valence-electron chi connectivity index (χ1n) is 8.67. The van der Waals surface area contributed by atoms with Crippen LogP contribution in [0.2, 0.25) is 0 Å². The highest BCUT2D eigenvalue weighted by Crippen LogP contribution is 2.11. The van der Waals surface area contributed by atoms with Gasteiger partial charge < -0.3 is 10.2 Å². The fraction of sp³-hybridized carbons (Fsp3) is 0.471. The number of nitrogens with one attached hydrogen (secondary N) is 1. The average molecular weight is 395 g/mol. The Morgan fingerprint density at radius 1 is 1.41 bits per heavy atom. The monoisotopic (exact) mass is 395 g/mol. The number of urea groups is 1. The second-order valence-electron chi connectivity index (χ2n) is 6.81. The summed E-state index contributed by atoms with van der Waals surface area (Å²) in [6, 6.07) is 5.89. The van der Waals surface area contributed by atoms with E-state index in [0.717, 1.165) is 5.56 Å². The van der Waals surface area contributed by atoms with Crippen LogP contribution < -0.4 is 5.32 Å². The number of aromatic nitrogens is 3. The molecule has 2 amide bonds. The number of hydrogen-bond acceptors (Lipinski definition) is 5. The van der Waals surface area contributed by atoms with Crippen molar-refractivity contribution in [3.05, 3.63) is 47.8 Å². The minimum absolute atomic E-state index is 0.0225. The standard InChI is InChI=1S/C17H22FN5O3S/c1-13-9-22(5-6-27(25,26)11-13)17(24)19-8-16-20-12-23(21-16)10-14-3-2-4-15(18)7-14/h2-4,7,12-13H,5-6,8-11H2,1H3,(H,19,24). The molecule has 1 aromatic heterocycles. The zero-order chi connectivity index (χ0) is 19.4.